The van der Waals surface area contributed by atoms with Gasteiger partial charge in [-0.15, -0.1) is 0 Å². The van der Waals surface area contributed by atoms with Gasteiger partial charge in [-0.1, -0.05) is 12.1 Å². The summed E-state index contributed by atoms with van der Waals surface area (Å²) in [5.74, 6) is -0.977. The van der Waals surface area contributed by atoms with Crippen molar-refractivity contribution in [1.29, 1.82) is 0 Å². The van der Waals surface area contributed by atoms with Crippen molar-refractivity contribution in [3.8, 4) is 0 Å². The van der Waals surface area contributed by atoms with Crippen LogP contribution in [-0.4, -0.2) is 31.4 Å². The third-order valence-electron chi connectivity index (χ3n) is 3.18. The fourth-order valence-electron chi connectivity index (χ4n) is 2.08. The molecule has 0 saturated carbocycles. The highest BCUT2D eigenvalue weighted by Crippen LogP contribution is 2.34. The molecule has 1 aliphatic heterocycles. The van der Waals surface area contributed by atoms with Gasteiger partial charge in [-0.05, 0) is 18.6 Å². The number of alkyl halides is 3. The van der Waals surface area contributed by atoms with Gasteiger partial charge >= 0.3 is 6.18 Å². The molecule has 1 aliphatic rings. The van der Waals surface area contributed by atoms with E-state index in [0.717, 1.165) is 13.0 Å². The van der Waals surface area contributed by atoms with Gasteiger partial charge in [0.2, 0.25) is 10.0 Å². The van der Waals surface area contributed by atoms with Gasteiger partial charge in [-0.3, -0.25) is 4.79 Å². The molecule has 1 aromatic carbocycles. The maximum absolute atomic E-state index is 12.7. The molecule has 0 bridgehead atoms. The second-order valence-corrected chi connectivity index (χ2v) is 6.02. The van der Waals surface area contributed by atoms with Crippen molar-refractivity contribution in [3.05, 3.63) is 29.3 Å². The molecule has 1 atom stereocenters. The van der Waals surface area contributed by atoms with Crippen molar-refractivity contribution >= 4 is 15.9 Å². The fraction of sp³-hybridized carbons (Fsp3) is 0.364. The van der Waals surface area contributed by atoms with Gasteiger partial charge in [-0.25, -0.2) is 13.6 Å². The number of hydrogen-bond acceptors (Lipinski definition) is 3. The van der Waals surface area contributed by atoms with Crippen LogP contribution in [0.3, 0.4) is 0 Å². The molecule has 0 radical (unpaired) electrons. The van der Waals surface area contributed by atoms with Crippen LogP contribution in [0.25, 0.3) is 0 Å². The smallest absolute Gasteiger partial charge is 0.322 e. The van der Waals surface area contributed by atoms with E-state index in [1.807, 2.05) is 0 Å². The highest BCUT2D eigenvalue weighted by molar-refractivity contribution is 7.89. The van der Waals surface area contributed by atoms with E-state index in [0.29, 0.717) is 4.90 Å². The van der Waals surface area contributed by atoms with Crippen LogP contribution in [0.1, 0.15) is 22.8 Å². The Kier molecular flexibility index (Phi) is 3.29. The zero-order chi connectivity index (χ0) is 15.3. The minimum absolute atomic E-state index is 0.220. The van der Waals surface area contributed by atoms with Crippen molar-refractivity contribution in [2.75, 3.05) is 0 Å². The third kappa shape index (κ3) is 2.38. The van der Waals surface area contributed by atoms with Crippen molar-refractivity contribution < 1.29 is 26.4 Å². The van der Waals surface area contributed by atoms with E-state index in [9.17, 15) is 26.4 Å². The zero-order valence-corrected chi connectivity index (χ0v) is 11.1. The number of amides is 1. The summed E-state index contributed by atoms with van der Waals surface area (Å²) in [5.41, 5.74) is -0.0521. The lowest BCUT2D eigenvalue weighted by atomic mass is 10.1. The molecule has 1 heterocycles. The SMILES string of the molecule is CC(N1Cc2cccc(S(N)(=O)=O)c2C1=O)C(F)(F)F. The summed E-state index contributed by atoms with van der Waals surface area (Å²) < 4.78 is 60.9. The van der Waals surface area contributed by atoms with Gasteiger partial charge in [0.05, 0.1) is 10.5 Å². The van der Waals surface area contributed by atoms with Crippen LogP contribution in [0.4, 0.5) is 13.2 Å². The number of carbonyl (C=O) groups excluding carboxylic acids is 1. The fourth-order valence-corrected chi connectivity index (χ4v) is 2.85. The highest BCUT2D eigenvalue weighted by Gasteiger charge is 2.46. The lowest BCUT2D eigenvalue weighted by Crippen LogP contribution is -2.43. The molecule has 0 aromatic heterocycles. The maximum atomic E-state index is 12.7. The van der Waals surface area contributed by atoms with Gasteiger partial charge in [0.15, 0.2) is 0 Å². The molecule has 0 fully saturated rings. The van der Waals surface area contributed by atoms with Crippen molar-refractivity contribution in [1.82, 2.24) is 4.90 Å². The predicted octanol–water partition coefficient (Wildman–Crippen LogP) is 1.24. The number of nitrogens with two attached hydrogens (primary N) is 1. The van der Waals surface area contributed by atoms with Crippen LogP contribution in [0, 0.1) is 0 Å². The Hall–Kier alpha value is -1.61. The average Bonchev–Trinajstić information content (AvgIpc) is 2.63. The Labute approximate surface area is 113 Å². The normalized spacial score (nSPS) is 17.2. The molecule has 1 unspecified atom stereocenters. The number of halogens is 3. The monoisotopic (exact) mass is 308 g/mol. The molecule has 20 heavy (non-hydrogen) atoms. The minimum Gasteiger partial charge on any atom is -0.322 e. The standard InChI is InChI=1S/C11H11F3N2O3S/c1-6(11(12,13)14)16-5-7-3-2-4-8(20(15,18)19)9(7)10(16)17/h2-4,6H,5H2,1H3,(H2,15,18,19). The number of benzene rings is 1. The number of rotatable bonds is 2. The molecular weight excluding hydrogens is 297 g/mol. The molecule has 9 heteroatoms. The number of fused-ring (bicyclic) bond motifs is 1. The summed E-state index contributed by atoms with van der Waals surface area (Å²) in [6, 6.07) is 1.85. The predicted molar refractivity (Wildman–Crippen MR) is 63.2 cm³/mol. The van der Waals surface area contributed by atoms with E-state index in [1.54, 1.807) is 0 Å². The summed E-state index contributed by atoms with van der Waals surface area (Å²) in [6.45, 7) is 0.554. The van der Waals surface area contributed by atoms with Crippen LogP contribution in [0.5, 0.6) is 0 Å². The van der Waals surface area contributed by atoms with Gasteiger partial charge in [0, 0.05) is 6.54 Å². The molecule has 0 saturated heterocycles. The average molecular weight is 308 g/mol. The first-order valence-electron chi connectivity index (χ1n) is 5.56. The number of sulfonamides is 1. The summed E-state index contributed by atoms with van der Waals surface area (Å²) in [5, 5.41) is 4.98. The first-order chi connectivity index (χ1) is 9.03. The van der Waals surface area contributed by atoms with Crippen LogP contribution in [0.2, 0.25) is 0 Å². The second-order valence-electron chi connectivity index (χ2n) is 4.49. The molecule has 110 valence electrons. The highest BCUT2D eigenvalue weighted by atomic mass is 32.2. The maximum Gasteiger partial charge on any atom is 0.408 e. The zero-order valence-electron chi connectivity index (χ0n) is 10.3. The summed E-state index contributed by atoms with van der Waals surface area (Å²) in [7, 11) is -4.17. The van der Waals surface area contributed by atoms with Gasteiger partial charge in [0.1, 0.15) is 6.04 Å². The van der Waals surface area contributed by atoms with Crippen molar-refractivity contribution in [2.45, 2.75) is 30.6 Å². The van der Waals surface area contributed by atoms with E-state index in [-0.39, 0.29) is 17.7 Å². The Morgan fingerprint density at radius 3 is 2.45 bits per heavy atom. The Balaban J connectivity index is 2.51. The third-order valence-corrected chi connectivity index (χ3v) is 4.13. The number of primary sulfonamides is 1. The van der Waals surface area contributed by atoms with Crippen LogP contribution >= 0.6 is 0 Å². The number of carbonyl (C=O) groups is 1. The second kappa shape index (κ2) is 4.45. The first kappa shape index (κ1) is 14.8. The largest absolute Gasteiger partial charge is 0.408 e. The number of nitrogens with zero attached hydrogens (tertiary/aromatic N) is 1. The number of hydrogen-bond donors (Lipinski definition) is 1. The lowest BCUT2D eigenvalue weighted by Gasteiger charge is -2.26. The van der Waals surface area contributed by atoms with Gasteiger partial charge in [0.25, 0.3) is 5.91 Å². The summed E-state index contributed by atoms with van der Waals surface area (Å²) in [6.07, 6.45) is -4.58. The van der Waals surface area contributed by atoms with E-state index in [4.69, 9.17) is 5.14 Å². The Morgan fingerprint density at radius 2 is 1.95 bits per heavy atom. The molecular formula is C11H11F3N2O3S. The van der Waals surface area contributed by atoms with Crippen LogP contribution < -0.4 is 5.14 Å². The quantitative estimate of drug-likeness (QED) is 0.892. The first-order valence-corrected chi connectivity index (χ1v) is 7.10. The lowest BCUT2D eigenvalue weighted by molar-refractivity contribution is -0.172. The Bertz CT molecular complexity index is 670. The molecule has 1 amide bonds. The minimum atomic E-state index is -4.58. The van der Waals surface area contributed by atoms with Crippen molar-refractivity contribution in [3.63, 3.8) is 0 Å². The molecule has 2 N–H and O–H groups in total. The summed E-state index contributed by atoms with van der Waals surface area (Å²) in [4.78, 5) is 12.2. The van der Waals surface area contributed by atoms with E-state index in [1.165, 1.54) is 12.1 Å². The molecule has 5 nitrogen and oxygen atoms in total. The summed E-state index contributed by atoms with van der Waals surface area (Å²) >= 11 is 0. The van der Waals surface area contributed by atoms with Crippen LogP contribution in [0.15, 0.2) is 23.1 Å². The van der Waals surface area contributed by atoms with E-state index >= 15 is 0 Å². The molecule has 0 aliphatic carbocycles. The van der Waals surface area contributed by atoms with Gasteiger partial charge in [-0.2, -0.15) is 13.2 Å². The Morgan fingerprint density at radius 1 is 1.35 bits per heavy atom. The van der Waals surface area contributed by atoms with E-state index in [2.05, 4.69) is 0 Å². The van der Waals surface area contributed by atoms with E-state index < -0.39 is 33.0 Å². The molecule has 2 rings (SSSR count). The van der Waals surface area contributed by atoms with Gasteiger partial charge < -0.3 is 4.90 Å². The van der Waals surface area contributed by atoms with Crippen molar-refractivity contribution in [2.24, 2.45) is 5.14 Å². The van der Waals surface area contributed by atoms with Crippen LogP contribution in [-0.2, 0) is 16.6 Å². The topological polar surface area (TPSA) is 80.5 Å². The molecule has 0 spiro atoms. The molecule has 1 aromatic rings.